The van der Waals surface area contributed by atoms with E-state index in [9.17, 15) is 18.4 Å². The first-order chi connectivity index (χ1) is 17.4. The van der Waals surface area contributed by atoms with E-state index in [1.54, 1.807) is 36.1 Å². The first kappa shape index (κ1) is 26.0. The molecule has 2 aromatic rings. The highest BCUT2D eigenvalue weighted by atomic mass is 19.1. The molecule has 0 saturated carbocycles. The second kappa shape index (κ2) is 12.3. The predicted molar refractivity (Wildman–Crippen MR) is 132 cm³/mol. The summed E-state index contributed by atoms with van der Waals surface area (Å²) in [6.45, 7) is 6.52. The van der Waals surface area contributed by atoms with Crippen LogP contribution in [0.25, 0.3) is 0 Å². The third-order valence-corrected chi connectivity index (χ3v) is 6.90. The molecule has 194 valence electrons. The van der Waals surface area contributed by atoms with E-state index in [2.05, 4.69) is 15.1 Å². The quantitative estimate of drug-likeness (QED) is 0.631. The maximum Gasteiger partial charge on any atom is 0.409 e. The van der Waals surface area contributed by atoms with Crippen molar-refractivity contribution in [3.05, 3.63) is 71.3 Å². The molecule has 2 heterocycles. The number of ether oxygens (including phenoxy) is 1. The molecule has 4 rings (SSSR count). The molecule has 2 fully saturated rings. The largest absolute Gasteiger partial charge is 0.450 e. The summed E-state index contributed by atoms with van der Waals surface area (Å²) in [6, 6.07) is 12.8. The van der Waals surface area contributed by atoms with Crippen LogP contribution in [0.1, 0.15) is 36.9 Å². The summed E-state index contributed by atoms with van der Waals surface area (Å²) in [5.41, 5.74) is 1.90. The summed E-state index contributed by atoms with van der Waals surface area (Å²) in [5, 5.41) is 3.11. The van der Waals surface area contributed by atoms with Gasteiger partial charge in [-0.15, -0.1) is 0 Å². The lowest BCUT2D eigenvalue weighted by Gasteiger charge is -2.39. The Bertz CT molecular complexity index is 957. The fraction of sp³-hybridized carbons (Fsp3) is 0.481. The molecule has 2 aliphatic rings. The lowest BCUT2D eigenvalue weighted by Crippen LogP contribution is -2.52. The molecular formula is C27H34F2N4O3. The van der Waals surface area contributed by atoms with Gasteiger partial charge < -0.3 is 15.0 Å². The van der Waals surface area contributed by atoms with Crippen LogP contribution in [0.2, 0.25) is 0 Å². The second-order valence-electron chi connectivity index (χ2n) is 9.35. The highest BCUT2D eigenvalue weighted by Gasteiger charge is 2.29. The number of carbonyl (C=O) groups excluding carboxylic acids is 2. The molecule has 0 aromatic heterocycles. The van der Waals surface area contributed by atoms with Gasteiger partial charge >= 0.3 is 6.09 Å². The van der Waals surface area contributed by atoms with Crippen LogP contribution in [0.15, 0.2) is 48.5 Å². The molecule has 1 N–H and O–H groups in total. The van der Waals surface area contributed by atoms with Gasteiger partial charge in [-0.1, -0.05) is 24.3 Å². The number of hydrogen-bond acceptors (Lipinski definition) is 5. The smallest absolute Gasteiger partial charge is 0.409 e. The van der Waals surface area contributed by atoms with E-state index in [0.717, 1.165) is 37.1 Å². The van der Waals surface area contributed by atoms with Gasteiger partial charge in [0, 0.05) is 45.3 Å². The Hall–Kier alpha value is -3.04. The SMILES string of the molecule is CCOC(=O)N1CCC(NC(=O)CN2CCN(C(c3ccc(F)cc3)c3ccc(F)cc3)CC2)CC1. The van der Waals surface area contributed by atoms with Crippen LogP contribution in [0.5, 0.6) is 0 Å². The molecule has 2 saturated heterocycles. The van der Waals surface area contributed by atoms with Crippen LogP contribution in [-0.4, -0.2) is 85.2 Å². The van der Waals surface area contributed by atoms with E-state index in [4.69, 9.17) is 4.74 Å². The van der Waals surface area contributed by atoms with Gasteiger partial charge in [-0.3, -0.25) is 14.6 Å². The maximum atomic E-state index is 13.5. The number of rotatable bonds is 7. The number of piperazine rings is 1. The monoisotopic (exact) mass is 500 g/mol. The van der Waals surface area contributed by atoms with Gasteiger partial charge in [0.25, 0.3) is 0 Å². The summed E-state index contributed by atoms with van der Waals surface area (Å²) < 4.78 is 32.1. The Morgan fingerprint density at radius 3 is 1.92 bits per heavy atom. The zero-order valence-electron chi connectivity index (χ0n) is 20.7. The Labute approximate surface area is 211 Å². The first-order valence-electron chi connectivity index (χ1n) is 12.6. The molecule has 9 heteroatoms. The van der Waals surface area contributed by atoms with Gasteiger partial charge in [0.15, 0.2) is 0 Å². The van der Waals surface area contributed by atoms with Crippen molar-refractivity contribution < 1.29 is 23.1 Å². The lowest BCUT2D eigenvalue weighted by atomic mass is 9.96. The maximum absolute atomic E-state index is 13.5. The third kappa shape index (κ3) is 6.79. The predicted octanol–water partition coefficient (Wildman–Crippen LogP) is 3.41. The lowest BCUT2D eigenvalue weighted by molar-refractivity contribution is -0.123. The molecule has 0 unspecified atom stereocenters. The fourth-order valence-electron chi connectivity index (χ4n) is 4.98. The fourth-order valence-corrected chi connectivity index (χ4v) is 4.98. The Balaban J connectivity index is 1.29. The zero-order valence-corrected chi connectivity index (χ0v) is 20.7. The number of piperidine rings is 1. The van der Waals surface area contributed by atoms with Crippen LogP contribution in [-0.2, 0) is 9.53 Å². The Morgan fingerprint density at radius 2 is 1.42 bits per heavy atom. The summed E-state index contributed by atoms with van der Waals surface area (Å²) >= 11 is 0. The van der Waals surface area contributed by atoms with Crippen molar-refractivity contribution >= 4 is 12.0 Å². The van der Waals surface area contributed by atoms with Crippen molar-refractivity contribution in [1.82, 2.24) is 20.0 Å². The van der Waals surface area contributed by atoms with Crippen molar-refractivity contribution in [2.75, 3.05) is 52.4 Å². The van der Waals surface area contributed by atoms with E-state index in [1.165, 1.54) is 24.3 Å². The molecule has 2 amide bonds. The normalized spacial score (nSPS) is 17.8. The van der Waals surface area contributed by atoms with E-state index < -0.39 is 0 Å². The molecule has 0 bridgehead atoms. The molecule has 0 aliphatic carbocycles. The number of hydrogen-bond donors (Lipinski definition) is 1. The van der Waals surface area contributed by atoms with E-state index >= 15 is 0 Å². The van der Waals surface area contributed by atoms with Crippen molar-refractivity contribution in [3.8, 4) is 0 Å². The Morgan fingerprint density at radius 1 is 0.889 bits per heavy atom. The molecule has 0 spiro atoms. The molecule has 36 heavy (non-hydrogen) atoms. The standard InChI is InChI=1S/C27H34F2N4O3/c1-2-36-27(35)33-13-11-24(12-14-33)30-25(34)19-31-15-17-32(18-16-31)26(20-3-7-22(28)8-4-20)21-5-9-23(29)10-6-21/h3-10,24,26H,2,11-19H2,1H3,(H,30,34). The van der Waals surface area contributed by atoms with E-state index in [-0.39, 0.29) is 35.7 Å². The average Bonchev–Trinajstić information content (AvgIpc) is 2.88. The minimum absolute atomic E-state index is 0.00773. The van der Waals surface area contributed by atoms with E-state index in [0.29, 0.717) is 39.3 Å². The van der Waals surface area contributed by atoms with Crippen molar-refractivity contribution in [2.24, 2.45) is 0 Å². The van der Waals surface area contributed by atoms with Crippen LogP contribution >= 0.6 is 0 Å². The number of nitrogens with one attached hydrogen (secondary N) is 1. The van der Waals surface area contributed by atoms with Gasteiger partial charge in [-0.2, -0.15) is 0 Å². The van der Waals surface area contributed by atoms with Crippen molar-refractivity contribution in [3.63, 3.8) is 0 Å². The van der Waals surface area contributed by atoms with Crippen LogP contribution < -0.4 is 5.32 Å². The number of halogens is 2. The van der Waals surface area contributed by atoms with Gasteiger partial charge in [0.05, 0.1) is 19.2 Å². The van der Waals surface area contributed by atoms with Gasteiger partial charge in [-0.25, -0.2) is 13.6 Å². The molecule has 2 aromatic carbocycles. The topological polar surface area (TPSA) is 65.1 Å². The third-order valence-electron chi connectivity index (χ3n) is 6.90. The van der Waals surface area contributed by atoms with Crippen LogP contribution in [0.3, 0.4) is 0 Å². The van der Waals surface area contributed by atoms with Crippen molar-refractivity contribution in [2.45, 2.75) is 31.8 Å². The number of amides is 2. The molecule has 2 aliphatic heterocycles. The summed E-state index contributed by atoms with van der Waals surface area (Å²) in [7, 11) is 0. The van der Waals surface area contributed by atoms with Gasteiger partial charge in [0.1, 0.15) is 11.6 Å². The number of likely N-dealkylation sites (tertiary alicyclic amines) is 1. The highest BCUT2D eigenvalue weighted by molar-refractivity contribution is 5.78. The minimum atomic E-state index is -0.293. The van der Waals surface area contributed by atoms with Crippen LogP contribution in [0, 0.1) is 11.6 Å². The summed E-state index contributed by atoms with van der Waals surface area (Å²) in [4.78, 5) is 30.6. The molecule has 7 nitrogen and oxygen atoms in total. The minimum Gasteiger partial charge on any atom is -0.450 e. The zero-order chi connectivity index (χ0) is 25.5. The molecule has 0 radical (unpaired) electrons. The highest BCUT2D eigenvalue weighted by Crippen LogP contribution is 2.30. The Kier molecular flexibility index (Phi) is 8.88. The van der Waals surface area contributed by atoms with Crippen LogP contribution in [0.4, 0.5) is 13.6 Å². The number of benzene rings is 2. The molecule has 0 atom stereocenters. The van der Waals surface area contributed by atoms with Gasteiger partial charge in [0.2, 0.25) is 5.91 Å². The van der Waals surface area contributed by atoms with E-state index in [1.807, 2.05) is 0 Å². The number of nitrogens with zero attached hydrogens (tertiary/aromatic N) is 3. The first-order valence-corrected chi connectivity index (χ1v) is 12.6. The van der Waals surface area contributed by atoms with Crippen molar-refractivity contribution in [1.29, 1.82) is 0 Å². The second-order valence-corrected chi connectivity index (χ2v) is 9.35. The summed E-state index contributed by atoms with van der Waals surface area (Å²) in [6.07, 6.45) is 1.14. The molecular weight excluding hydrogens is 466 g/mol. The van der Waals surface area contributed by atoms with Gasteiger partial charge in [-0.05, 0) is 55.2 Å². The summed E-state index contributed by atoms with van der Waals surface area (Å²) in [5.74, 6) is -0.593. The number of carbonyl (C=O) groups is 2. The average molecular weight is 501 g/mol.